The Labute approximate surface area is 112 Å². The molecular formula is C12H12F3NO4. The van der Waals surface area contributed by atoms with E-state index in [4.69, 9.17) is 10.5 Å². The highest BCUT2D eigenvalue weighted by Crippen LogP contribution is 2.31. The minimum absolute atomic E-state index is 0.136. The molecule has 1 aromatic rings. The van der Waals surface area contributed by atoms with Crippen LogP contribution in [0.1, 0.15) is 12.5 Å². The highest BCUT2D eigenvalue weighted by molar-refractivity contribution is 5.82. The zero-order chi connectivity index (χ0) is 15.3. The second-order valence-corrected chi connectivity index (χ2v) is 3.85. The highest BCUT2D eigenvalue weighted by Gasteiger charge is 2.30. The van der Waals surface area contributed by atoms with E-state index in [0.29, 0.717) is 0 Å². The van der Waals surface area contributed by atoms with Gasteiger partial charge < -0.3 is 15.2 Å². The van der Waals surface area contributed by atoms with Crippen molar-refractivity contribution in [1.82, 2.24) is 0 Å². The van der Waals surface area contributed by atoms with Crippen molar-refractivity contribution in [2.75, 3.05) is 6.61 Å². The van der Waals surface area contributed by atoms with Crippen molar-refractivity contribution in [3.05, 3.63) is 29.8 Å². The maximum Gasteiger partial charge on any atom is 0.416 e. The number of amides is 1. The number of rotatable bonds is 5. The number of halogens is 3. The monoisotopic (exact) mass is 291 g/mol. The Morgan fingerprint density at radius 1 is 1.35 bits per heavy atom. The van der Waals surface area contributed by atoms with Gasteiger partial charge in [-0.05, 0) is 25.1 Å². The maximum absolute atomic E-state index is 12.4. The van der Waals surface area contributed by atoms with E-state index in [9.17, 15) is 22.8 Å². The first-order valence-electron chi connectivity index (χ1n) is 5.49. The Morgan fingerprint density at radius 2 is 2.00 bits per heavy atom. The van der Waals surface area contributed by atoms with Crippen molar-refractivity contribution in [3.63, 3.8) is 0 Å². The van der Waals surface area contributed by atoms with Gasteiger partial charge in [0.25, 0.3) is 5.91 Å². The number of primary amides is 1. The first kappa shape index (κ1) is 15.8. The van der Waals surface area contributed by atoms with Crippen LogP contribution in [0.3, 0.4) is 0 Å². The lowest BCUT2D eigenvalue weighted by Crippen LogP contribution is -2.32. The molecule has 0 aliphatic carbocycles. The van der Waals surface area contributed by atoms with E-state index in [1.165, 1.54) is 13.0 Å². The number of nitrogens with two attached hydrogens (primary N) is 1. The Kier molecular flexibility index (Phi) is 4.95. The topological polar surface area (TPSA) is 78.6 Å². The summed E-state index contributed by atoms with van der Waals surface area (Å²) in [5.74, 6) is -1.88. The molecule has 1 aromatic carbocycles. The number of benzene rings is 1. The van der Waals surface area contributed by atoms with Gasteiger partial charge in [-0.2, -0.15) is 13.2 Å². The van der Waals surface area contributed by atoms with Gasteiger partial charge in [0.2, 0.25) is 0 Å². The lowest BCUT2D eigenvalue weighted by molar-refractivity contribution is -0.155. The summed E-state index contributed by atoms with van der Waals surface area (Å²) in [6.07, 6.45) is -5.63. The zero-order valence-electron chi connectivity index (χ0n) is 10.4. The quantitative estimate of drug-likeness (QED) is 0.834. The summed E-state index contributed by atoms with van der Waals surface area (Å²) in [6.45, 7) is 0.642. The molecule has 0 heterocycles. The molecule has 0 saturated heterocycles. The smallest absolute Gasteiger partial charge is 0.416 e. The number of hydrogen-bond donors (Lipinski definition) is 1. The second kappa shape index (κ2) is 6.27. The Hall–Kier alpha value is -2.25. The summed E-state index contributed by atoms with van der Waals surface area (Å²) in [5, 5.41) is 0. The summed E-state index contributed by atoms with van der Waals surface area (Å²) in [5.41, 5.74) is 3.98. The van der Waals surface area contributed by atoms with Crippen molar-refractivity contribution >= 4 is 11.9 Å². The van der Waals surface area contributed by atoms with Crippen molar-refractivity contribution in [2.45, 2.75) is 19.2 Å². The lowest BCUT2D eigenvalue weighted by atomic mass is 10.2. The van der Waals surface area contributed by atoms with Gasteiger partial charge in [-0.1, -0.05) is 6.07 Å². The number of esters is 1. The van der Waals surface area contributed by atoms with Gasteiger partial charge in [0.15, 0.2) is 12.7 Å². The molecule has 0 bridgehead atoms. The van der Waals surface area contributed by atoms with Crippen LogP contribution < -0.4 is 10.5 Å². The maximum atomic E-state index is 12.4. The average Bonchev–Trinajstić information content (AvgIpc) is 2.35. The summed E-state index contributed by atoms with van der Waals surface area (Å²) < 4.78 is 46.7. The van der Waals surface area contributed by atoms with Crippen LogP contribution in [0.15, 0.2) is 24.3 Å². The molecule has 0 saturated carbocycles. The number of carbonyl (C=O) groups is 2. The predicted octanol–water partition coefficient (Wildman–Crippen LogP) is 1.50. The Balaban J connectivity index is 2.58. The summed E-state index contributed by atoms with van der Waals surface area (Å²) in [6, 6.07) is 4.04. The molecule has 2 N–H and O–H groups in total. The molecule has 1 atom stereocenters. The molecular weight excluding hydrogens is 279 g/mol. The van der Waals surface area contributed by atoms with Crippen molar-refractivity contribution in [1.29, 1.82) is 0 Å². The fourth-order valence-corrected chi connectivity index (χ4v) is 1.19. The molecule has 1 unspecified atom stereocenters. The van der Waals surface area contributed by atoms with E-state index < -0.39 is 36.3 Å². The van der Waals surface area contributed by atoms with E-state index in [2.05, 4.69) is 4.74 Å². The van der Waals surface area contributed by atoms with Crippen molar-refractivity contribution < 1.29 is 32.2 Å². The number of carbonyl (C=O) groups excluding carboxylic acids is 2. The largest absolute Gasteiger partial charge is 0.482 e. The molecule has 1 amide bonds. The summed E-state index contributed by atoms with van der Waals surface area (Å²) in [7, 11) is 0. The van der Waals surface area contributed by atoms with Crippen LogP contribution in [0.2, 0.25) is 0 Å². The molecule has 0 spiro atoms. The molecule has 1 rings (SSSR count). The molecule has 0 aliphatic rings. The van der Waals surface area contributed by atoms with Gasteiger partial charge in [-0.15, -0.1) is 0 Å². The van der Waals surface area contributed by atoms with Gasteiger partial charge in [0, 0.05) is 0 Å². The van der Waals surface area contributed by atoms with Gasteiger partial charge in [0.05, 0.1) is 5.56 Å². The lowest BCUT2D eigenvalue weighted by Gasteiger charge is -2.11. The van der Waals surface area contributed by atoms with Crippen LogP contribution in [0, 0.1) is 0 Å². The molecule has 20 heavy (non-hydrogen) atoms. The minimum atomic E-state index is -4.50. The van der Waals surface area contributed by atoms with Crippen LogP contribution in [0.25, 0.3) is 0 Å². The molecule has 0 fully saturated rings. The van der Waals surface area contributed by atoms with E-state index in [1.54, 1.807) is 0 Å². The van der Waals surface area contributed by atoms with Gasteiger partial charge in [-0.25, -0.2) is 4.79 Å². The van der Waals surface area contributed by atoms with Crippen molar-refractivity contribution in [3.8, 4) is 5.75 Å². The third-order valence-corrected chi connectivity index (χ3v) is 2.23. The molecule has 110 valence electrons. The fourth-order valence-electron chi connectivity index (χ4n) is 1.19. The first-order valence-corrected chi connectivity index (χ1v) is 5.49. The fraction of sp³-hybridized carbons (Fsp3) is 0.333. The average molecular weight is 291 g/mol. The molecule has 8 heteroatoms. The van der Waals surface area contributed by atoms with E-state index in [1.807, 2.05) is 0 Å². The van der Waals surface area contributed by atoms with Crippen LogP contribution in [0.4, 0.5) is 13.2 Å². The number of alkyl halides is 3. The third-order valence-electron chi connectivity index (χ3n) is 2.23. The van der Waals surface area contributed by atoms with Gasteiger partial charge in [-0.3, -0.25) is 4.79 Å². The standard InChI is InChI=1S/C12H12F3NO4/c1-7(11(16)18)20-10(17)6-19-9-4-2-3-8(5-9)12(13,14)15/h2-5,7H,6H2,1H3,(H2,16,18). The Morgan fingerprint density at radius 3 is 2.55 bits per heavy atom. The zero-order valence-corrected chi connectivity index (χ0v) is 10.4. The molecule has 0 aliphatic heterocycles. The third kappa shape index (κ3) is 4.79. The molecule has 5 nitrogen and oxygen atoms in total. The first-order chi connectivity index (χ1) is 9.20. The normalized spacial score (nSPS) is 12.6. The van der Waals surface area contributed by atoms with Gasteiger partial charge >= 0.3 is 12.1 Å². The predicted molar refractivity (Wildman–Crippen MR) is 61.7 cm³/mol. The van der Waals surface area contributed by atoms with Crippen LogP contribution in [0.5, 0.6) is 5.75 Å². The highest BCUT2D eigenvalue weighted by atomic mass is 19.4. The molecule has 0 radical (unpaired) electrons. The van der Waals surface area contributed by atoms with E-state index in [0.717, 1.165) is 18.2 Å². The summed E-state index contributed by atoms with van der Waals surface area (Å²) >= 11 is 0. The van der Waals surface area contributed by atoms with Crippen LogP contribution >= 0.6 is 0 Å². The number of hydrogen-bond acceptors (Lipinski definition) is 4. The molecule has 0 aromatic heterocycles. The SMILES string of the molecule is CC(OC(=O)COc1cccc(C(F)(F)F)c1)C(N)=O. The second-order valence-electron chi connectivity index (χ2n) is 3.85. The van der Waals surface area contributed by atoms with Crippen molar-refractivity contribution in [2.24, 2.45) is 5.73 Å². The Bertz CT molecular complexity index is 502. The van der Waals surface area contributed by atoms with Crippen LogP contribution in [-0.2, 0) is 20.5 Å². The van der Waals surface area contributed by atoms with Gasteiger partial charge in [0.1, 0.15) is 5.75 Å². The minimum Gasteiger partial charge on any atom is -0.482 e. The van der Waals surface area contributed by atoms with E-state index >= 15 is 0 Å². The van der Waals surface area contributed by atoms with E-state index in [-0.39, 0.29) is 5.75 Å². The summed E-state index contributed by atoms with van der Waals surface area (Å²) in [4.78, 5) is 21.9. The number of ether oxygens (including phenoxy) is 2. The van der Waals surface area contributed by atoms with Crippen LogP contribution in [-0.4, -0.2) is 24.6 Å².